The molecule has 0 aliphatic rings. The summed E-state index contributed by atoms with van der Waals surface area (Å²) >= 11 is 5.86. The van der Waals surface area contributed by atoms with Gasteiger partial charge in [-0.2, -0.15) is 0 Å². The van der Waals surface area contributed by atoms with Gasteiger partial charge in [0.1, 0.15) is 5.82 Å². The molecular formula is C16H24ClFN4O2. The number of halogens is 2. The van der Waals surface area contributed by atoms with Gasteiger partial charge in [0, 0.05) is 26.2 Å². The number of nitrogens with one attached hydrogen (secondary N) is 2. The Hall–Kier alpha value is -1.86. The average Bonchev–Trinajstić information content (AvgIpc) is 2.58. The van der Waals surface area contributed by atoms with Crippen LogP contribution in [0.4, 0.5) is 9.18 Å². The number of benzene rings is 1. The Morgan fingerprint density at radius 3 is 2.75 bits per heavy atom. The molecule has 0 spiro atoms. The summed E-state index contributed by atoms with van der Waals surface area (Å²) in [6.07, 6.45) is 1.47. The number of carbonyl (C=O) groups excluding carboxylic acids is 2. The number of hydrogen-bond donors (Lipinski definition) is 3. The smallest absolute Gasteiger partial charge is 0.317 e. The van der Waals surface area contributed by atoms with E-state index in [0.717, 1.165) is 12.8 Å². The van der Waals surface area contributed by atoms with Crippen LogP contribution in [0.2, 0.25) is 5.02 Å². The van der Waals surface area contributed by atoms with Crippen molar-refractivity contribution in [3.63, 3.8) is 0 Å². The van der Waals surface area contributed by atoms with Gasteiger partial charge in [0.05, 0.1) is 11.6 Å². The Kier molecular flexibility index (Phi) is 8.49. The Bertz CT molecular complexity index is 571. The topological polar surface area (TPSA) is 87.5 Å². The summed E-state index contributed by atoms with van der Waals surface area (Å²) in [5.41, 5.74) is 5.72. The average molecular weight is 359 g/mol. The highest BCUT2D eigenvalue weighted by molar-refractivity contribution is 6.31. The maximum atomic E-state index is 13.4. The van der Waals surface area contributed by atoms with Crippen LogP contribution in [0, 0.1) is 5.82 Å². The van der Waals surface area contributed by atoms with Crippen molar-refractivity contribution in [2.75, 3.05) is 20.1 Å². The zero-order chi connectivity index (χ0) is 18.1. The molecule has 8 heteroatoms. The number of hydrogen-bond acceptors (Lipinski definition) is 3. The molecular weight excluding hydrogens is 335 g/mol. The summed E-state index contributed by atoms with van der Waals surface area (Å²) < 4.78 is 13.4. The number of carbonyl (C=O) groups is 2. The molecule has 0 aromatic heterocycles. The predicted molar refractivity (Wildman–Crippen MR) is 92.2 cm³/mol. The first-order valence-corrected chi connectivity index (χ1v) is 8.15. The monoisotopic (exact) mass is 358 g/mol. The molecule has 1 rings (SSSR count). The van der Waals surface area contributed by atoms with Crippen molar-refractivity contribution in [2.45, 2.75) is 32.4 Å². The van der Waals surface area contributed by atoms with Gasteiger partial charge in [-0.05, 0) is 31.4 Å². The molecule has 1 unspecified atom stereocenters. The standard InChI is InChI=1S/C16H24ClFN4O2/c1-11(5-4-8-20-14(23)9-19)22(2)16(24)21-10-12-6-3-7-13(18)15(12)17/h3,6-7,11H,4-5,8-10,19H2,1-2H3,(H,20,23)(H,21,24). The van der Waals surface area contributed by atoms with E-state index in [9.17, 15) is 14.0 Å². The summed E-state index contributed by atoms with van der Waals surface area (Å²) in [5, 5.41) is 5.41. The van der Waals surface area contributed by atoms with Gasteiger partial charge >= 0.3 is 6.03 Å². The molecule has 0 heterocycles. The summed E-state index contributed by atoms with van der Waals surface area (Å²) in [4.78, 5) is 24.7. The highest BCUT2D eigenvalue weighted by atomic mass is 35.5. The third-order valence-electron chi connectivity index (χ3n) is 3.75. The minimum Gasteiger partial charge on any atom is -0.355 e. The van der Waals surface area contributed by atoms with Crippen LogP contribution >= 0.6 is 11.6 Å². The maximum absolute atomic E-state index is 13.4. The van der Waals surface area contributed by atoms with Gasteiger partial charge < -0.3 is 21.3 Å². The van der Waals surface area contributed by atoms with Gasteiger partial charge in [-0.15, -0.1) is 0 Å². The van der Waals surface area contributed by atoms with Crippen molar-refractivity contribution >= 4 is 23.5 Å². The van der Waals surface area contributed by atoms with Gasteiger partial charge in [-0.25, -0.2) is 9.18 Å². The van der Waals surface area contributed by atoms with Gasteiger partial charge in [0.2, 0.25) is 5.91 Å². The normalized spacial score (nSPS) is 11.7. The summed E-state index contributed by atoms with van der Waals surface area (Å²) in [5.74, 6) is -0.703. The Morgan fingerprint density at radius 2 is 2.08 bits per heavy atom. The number of nitrogens with two attached hydrogens (primary N) is 1. The van der Waals surface area contributed by atoms with E-state index >= 15 is 0 Å². The lowest BCUT2D eigenvalue weighted by molar-refractivity contribution is -0.119. The molecule has 0 bridgehead atoms. The van der Waals surface area contributed by atoms with Gasteiger partial charge in [-0.1, -0.05) is 23.7 Å². The van der Waals surface area contributed by atoms with Gasteiger partial charge in [-0.3, -0.25) is 4.79 Å². The van der Waals surface area contributed by atoms with E-state index in [-0.39, 0.29) is 36.1 Å². The van der Waals surface area contributed by atoms with Crippen LogP contribution in [0.15, 0.2) is 18.2 Å². The summed E-state index contributed by atoms with van der Waals surface area (Å²) in [6.45, 7) is 2.56. The zero-order valence-electron chi connectivity index (χ0n) is 13.9. The fourth-order valence-electron chi connectivity index (χ4n) is 2.07. The molecule has 0 saturated carbocycles. The number of rotatable bonds is 8. The minimum absolute atomic E-state index is 0.0113. The van der Waals surface area contributed by atoms with Crippen LogP contribution in [0.5, 0.6) is 0 Å². The third kappa shape index (κ3) is 6.33. The molecule has 0 fully saturated rings. The Labute approximate surface area is 146 Å². The van der Waals surface area contributed by atoms with E-state index in [0.29, 0.717) is 12.1 Å². The first-order chi connectivity index (χ1) is 11.4. The molecule has 1 aromatic rings. The molecule has 0 radical (unpaired) electrons. The first-order valence-electron chi connectivity index (χ1n) is 7.77. The molecule has 0 aliphatic carbocycles. The van der Waals surface area contributed by atoms with Crippen LogP contribution in [-0.4, -0.2) is 43.0 Å². The van der Waals surface area contributed by atoms with E-state index < -0.39 is 5.82 Å². The fourth-order valence-corrected chi connectivity index (χ4v) is 2.26. The van der Waals surface area contributed by atoms with E-state index in [4.69, 9.17) is 17.3 Å². The first kappa shape index (κ1) is 20.2. The van der Waals surface area contributed by atoms with Crippen molar-refractivity contribution in [1.82, 2.24) is 15.5 Å². The fraction of sp³-hybridized carbons (Fsp3) is 0.500. The van der Waals surface area contributed by atoms with Crippen LogP contribution in [0.3, 0.4) is 0 Å². The van der Waals surface area contributed by atoms with E-state index in [2.05, 4.69) is 10.6 Å². The number of nitrogens with zero attached hydrogens (tertiary/aromatic N) is 1. The molecule has 1 aromatic carbocycles. The molecule has 24 heavy (non-hydrogen) atoms. The van der Waals surface area contributed by atoms with Crippen molar-refractivity contribution in [3.8, 4) is 0 Å². The van der Waals surface area contributed by atoms with Crippen LogP contribution in [0.25, 0.3) is 0 Å². The second kappa shape index (κ2) is 10.1. The summed E-state index contributed by atoms with van der Waals surface area (Å²) in [6, 6.07) is 4.20. The molecule has 1 atom stereocenters. The SMILES string of the molecule is CC(CCCNC(=O)CN)N(C)C(=O)NCc1cccc(F)c1Cl. The molecule has 4 N–H and O–H groups in total. The Balaban J connectivity index is 2.38. The van der Waals surface area contributed by atoms with Gasteiger partial charge in [0.15, 0.2) is 0 Å². The van der Waals surface area contributed by atoms with Crippen LogP contribution in [-0.2, 0) is 11.3 Å². The maximum Gasteiger partial charge on any atom is 0.317 e. The zero-order valence-corrected chi connectivity index (χ0v) is 14.7. The minimum atomic E-state index is -0.510. The molecule has 0 saturated heterocycles. The van der Waals surface area contributed by atoms with Crippen molar-refractivity contribution < 1.29 is 14.0 Å². The van der Waals surface area contributed by atoms with Crippen LogP contribution < -0.4 is 16.4 Å². The highest BCUT2D eigenvalue weighted by Crippen LogP contribution is 2.19. The third-order valence-corrected chi connectivity index (χ3v) is 4.17. The second-order valence-corrected chi connectivity index (χ2v) is 5.91. The summed E-state index contributed by atoms with van der Waals surface area (Å²) in [7, 11) is 1.69. The van der Waals surface area contributed by atoms with Crippen molar-refractivity contribution in [3.05, 3.63) is 34.6 Å². The predicted octanol–water partition coefficient (Wildman–Crippen LogP) is 1.86. The Morgan fingerprint density at radius 1 is 1.38 bits per heavy atom. The quantitative estimate of drug-likeness (QED) is 0.620. The van der Waals surface area contributed by atoms with E-state index in [1.807, 2.05) is 6.92 Å². The largest absolute Gasteiger partial charge is 0.355 e. The van der Waals surface area contributed by atoms with Gasteiger partial charge in [0.25, 0.3) is 0 Å². The lowest BCUT2D eigenvalue weighted by atomic mass is 10.1. The van der Waals surface area contributed by atoms with Crippen molar-refractivity contribution in [1.29, 1.82) is 0 Å². The highest BCUT2D eigenvalue weighted by Gasteiger charge is 2.16. The van der Waals surface area contributed by atoms with Crippen molar-refractivity contribution in [2.24, 2.45) is 5.73 Å². The van der Waals surface area contributed by atoms with E-state index in [1.165, 1.54) is 6.07 Å². The second-order valence-electron chi connectivity index (χ2n) is 5.53. The number of urea groups is 1. The molecule has 6 nitrogen and oxygen atoms in total. The van der Waals surface area contributed by atoms with E-state index in [1.54, 1.807) is 24.1 Å². The molecule has 3 amide bonds. The van der Waals surface area contributed by atoms with Crippen LogP contribution in [0.1, 0.15) is 25.3 Å². The molecule has 134 valence electrons. The number of amides is 3. The lowest BCUT2D eigenvalue weighted by Gasteiger charge is -2.25. The lowest BCUT2D eigenvalue weighted by Crippen LogP contribution is -2.42. The molecule has 0 aliphatic heterocycles.